The summed E-state index contributed by atoms with van der Waals surface area (Å²) in [4.78, 5) is 16.5. The number of fused-ring (bicyclic) bond motifs is 1. The van der Waals surface area contributed by atoms with E-state index >= 15 is 0 Å². The summed E-state index contributed by atoms with van der Waals surface area (Å²) in [5.41, 5.74) is 1.72. The van der Waals surface area contributed by atoms with Crippen LogP contribution in [0.3, 0.4) is 0 Å². The number of carbonyl (C=O) groups excluding carboxylic acids is 1. The maximum absolute atomic E-state index is 12.0. The Kier molecular flexibility index (Phi) is 5.37. The first-order valence-corrected chi connectivity index (χ1v) is 9.94. The number of rotatable bonds is 6. The van der Waals surface area contributed by atoms with Crippen molar-refractivity contribution in [2.45, 2.75) is 24.2 Å². The minimum atomic E-state index is -3.54. The number of nitrogens with zero attached hydrogens (tertiary/aromatic N) is 1. The lowest BCUT2D eigenvalue weighted by Gasteiger charge is -2.12. The highest BCUT2D eigenvalue weighted by molar-refractivity contribution is 7.90. The third-order valence-electron chi connectivity index (χ3n) is 4.25. The molecule has 2 N–H and O–H groups in total. The first-order valence-electron chi connectivity index (χ1n) is 8.45. The second-order valence-corrected chi connectivity index (χ2v) is 7.85. The number of hydrogen-bond donors (Lipinski definition) is 2. The number of amidine groups is 1. The summed E-state index contributed by atoms with van der Waals surface area (Å²) in [6.45, 7) is 2.83. The molecule has 2 aromatic carbocycles. The number of sulfonamides is 1. The molecular weight excluding hydrogens is 350 g/mol. The van der Waals surface area contributed by atoms with Crippen LogP contribution in [0.2, 0.25) is 0 Å². The Labute approximate surface area is 153 Å². The highest BCUT2D eigenvalue weighted by atomic mass is 32.2. The molecule has 26 heavy (non-hydrogen) atoms. The smallest absolute Gasteiger partial charge is 0.263 e. The second kappa shape index (κ2) is 7.70. The fourth-order valence-corrected chi connectivity index (χ4v) is 4.03. The van der Waals surface area contributed by atoms with Crippen molar-refractivity contribution in [3.05, 3.63) is 65.7 Å². The molecule has 0 spiro atoms. The molecule has 1 aliphatic heterocycles. The van der Waals surface area contributed by atoms with E-state index in [1.165, 1.54) is 11.6 Å². The van der Waals surface area contributed by atoms with Crippen molar-refractivity contribution in [2.75, 3.05) is 13.1 Å². The molecule has 2 aromatic rings. The predicted molar refractivity (Wildman–Crippen MR) is 101 cm³/mol. The van der Waals surface area contributed by atoms with Crippen LogP contribution in [0.4, 0.5) is 0 Å². The summed E-state index contributed by atoms with van der Waals surface area (Å²) >= 11 is 0. The normalized spacial score (nSPS) is 17.3. The molecule has 1 heterocycles. The molecule has 6 nitrogen and oxygen atoms in total. The number of nitrogens with one attached hydrogen (secondary N) is 2. The Balaban J connectivity index is 1.52. The molecule has 0 aliphatic carbocycles. The average Bonchev–Trinajstić information content (AvgIpc) is 2.91. The van der Waals surface area contributed by atoms with E-state index in [0.717, 1.165) is 0 Å². The lowest BCUT2D eigenvalue weighted by atomic mass is 10.0. The van der Waals surface area contributed by atoms with Gasteiger partial charge in [0, 0.05) is 18.5 Å². The third-order valence-corrected chi connectivity index (χ3v) is 5.64. The highest BCUT2D eigenvalue weighted by Gasteiger charge is 2.29. The zero-order valence-corrected chi connectivity index (χ0v) is 15.3. The molecule has 1 atom stereocenters. The van der Waals surface area contributed by atoms with Crippen molar-refractivity contribution in [3.8, 4) is 0 Å². The summed E-state index contributed by atoms with van der Waals surface area (Å²) in [7, 11) is -3.54. The Morgan fingerprint density at radius 2 is 1.81 bits per heavy atom. The van der Waals surface area contributed by atoms with E-state index in [4.69, 9.17) is 0 Å². The zero-order chi connectivity index (χ0) is 18.6. The number of amides is 1. The van der Waals surface area contributed by atoms with Crippen LogP contribution in [0.5, 0.6) is 0 Å². The van der Waals surface area contributed by atoms with Gasteiger partial charge >= 0.3 is 0 Å². The molecule has 1 aliphatic rings. The number of carbonyl (C=O) groups is 1. The van der Waals surface area contributed by atoms with Gasteiger partial charge in [0.05, 0.1) is 11.4 Å². The third kappa shape index (κ3) is 4.11. The molecule has 136 valence electrons. The first kappa shape index (κ1) is 18.1. The van der Waals surface area contributed by atoms with E-state index in [9.17, 15) is 13.2 Å². The second-order valence-electron chi connectivity index (χ2n) is 6.20. The van der Waals surface area contributed by atoms with Gasteiger partial charge in [-0.1, -0.05) is 49.4 Å². The van der Waals surface area contributed by atoms with Crippen LogP contribution >= 0.6 is 0 Å². The molecule has 0 saturated heterocycles. The van der Waals surface area contributed by atoms with Gasteiger partial charge in [0.25, 0.3) is 10.0 Å². The molecular formula is C19H21N3O3S. The maximum atomic E-state index is 12.0. The fourth-order valence-electron chi connectivity index (χ4n) is 2.78. The lowest BCUT2D eigenvalue weighted by molar-refractivity contribution is -0.120. The Morgan fingerprint density at radius 3 is 2.58 bits per heavy atom. The summed E-state index contributed by atoms with van der Waals surface area (Å²) in [5, 5.41) is 2.89. The molecule has 0 aromatic heterocycles. The van der Waals surface area contributed by atoms with Crippen LogP contribution in [0.1, 0.15) is 30.4 Å². The van der Waals surface area contributed by atoms with Crippen LogP contribution in [0.15, 0.2) is 64.5 Å². The summed E-state index contributed by atoms with van der Waals surface area (Å²) in [6, 6.07) is 16.7. The maximum Gasteiger partial charge on any atom is 0.263 e. The monoisotopic (exact) mass is 371 g/mol. The minimum Gasteiger partial charge on any atom is -0.355 e. The van der Waals surface area contributed by atoms with E-state index in [2.05, 4.69) is 22.0 Å². The van der Waals surface area contributed by atoms with Gasteiger partial charge in [-0.3, -0.25) is 14.5 Å². The number of benzene rings is 2. The topological polar surface area (TPSA) is 87.6 Å². The van der Waals surface area contributed by atoms with Gasteiger partial charge in [0.2, 0.25) is 5.91 Å². The number of hydrogen-bond acceptors (Lipinski definition) is 4. The molecule has 0 fully saturated rings. The fraction of sp³-hybridized carbons (Fsp3) is 0.263. The van der Waals surface area contributed by atoms with Crippen LogP contribution in [0, 0.1) is 0 Å². The van der Waals surface area contributed by atoms with Gasteiger partial charge < -0.3 is 5.32 Å². The number of aliphatic imine (C=N–C) groups is 1. The van der Waals surface area contributed by atoms with E-state index < -0.39 is 10.0 Å². The lowest BCUT2D eigenvalue weighted by Crippen LogP contribution is -2.28. The van der Waals surface area contributed by atoms with Crippen molar-refractivity contribution >= 4 is 21.8 Å². The Morgan fingerprint density at radius 1 is 1.12 bits per heavy atom. The SMILES string of the molecule is C[C@H](CNC(=O)CCN=C1NS(=O)(=O)c2ccccc21)c1ccccc1. The van der Waals surface area contributed by atoms with Crippen molar-refractivity contribution in [1.29, 1.82) is 0 Å². The van der Waals surface area contributed by atoms with Crippen LogP contribution in [-0.4, -0.2) is 33.3 Å². The molecule has 1 amide bonds. The molecule has 7 heteroatoms. The first-order chi connectivity index (χ1) is 12.5. The van der Waals surface area contributed by atoms with Crippen LogP contribution < -0.4 is 10.0 Å². The van der Waals surface area contributed by atoms with Crippen LogP contribution in [-0.2, 0) is 14.8 Å². The Bertz CT molecular complexity index is 924. The molecule has 0 radical (unpaired) electrons. The van der Waals surface area contributed by atoms with E-state index in [0.29, 0.717) is 17.9 Å². The van der Waals surface area contributed by atoms with Gasteiger partial charge in [-0.25, -0.2) is 8.42 Å². The molecule has 0 saturated carbocycles. The van der Waals surface area contributed by atoms with Gasteiger partial charge in [0.1, 0.15) is 5.84 Å². The molecule has 3 rings (SSSR count). The quantitative estimate of drug-likeness (QED) is 0.814. The summed E-state index contributed by atoms with van der Waals surface area (Å²) < 4.78 is 26.4. The van der Waals surface area contributed by atoms with Gasteiger partial charge in [0.15, 0.2) is 0 Å². The molecule has 0 bridgehead atoms. The summed E-state index contributed by atoms with van der Waals surface area (Å²) in [5.74, 6) is 0.414. The average molecular weight is 371 g/mol. The van der Waals surface area contributed by atoms with E-state index in [1.807, 2.05) is 30.3 Å². The van der Waals surface area contributed by atoms with Gasteiger partial charge in [-0.2, -0.15) is 0 Å². The summed E-state index contributed by atoms with van der Waals surface area (Å²) in [6.07, 6.45) is 0.203. The van der Waals surface area contributed by atoms with Crippen molar-refractivity contribution < 1.29 is 13.2 Å². The predicted octanol–water partition coefficient (Wildman–Crippen LogP) is 2.04. The van der Waals surface area contributed by atoms with Gasteiger partial charge in [-0.05, 0) is 23.6 Å². The van der Waals surface area contributed by atoms with Crippen molar-refractivity contribution in [2.24, 2.45) is 4.99 Å². The highest BCUT2D eigenvalue weighted by Crippen LogP contribution is 2.22. The van der Waals surface area contributed by atoms with E-state index in [-0.39, 0.29) is 29.7 Å². The van der Waals surface area contributed by atoms with Crippen molar-refractivity contribution in [3.63, 3.8) is 0 Å². The Hall–Kier alpha value is -2.67. The van der Waals surface area contributed by atoms with E-state index in [1.54, 1.807) is 18.2 Å². The minimum absolute atomic E-state index is 0.105. The molecule has 0 unspecified atom stereocenters. The van der Waals surface area contributed by atoms with Gasteiger partial charge in [-0.15, -0.1) is 0 Å². The van der Waals surface area contributed by atoms with Crippen molar-refractivity contribution in [1.82, 2.24) is 10.0 Å². The zero-order valence-electron chi connectivity index (χ0n) is 14.5. The van der Waals surface area contributed by atoms with Crippen LogP contribution in [0.25, 0.3) is 0 Å². The largest absolute Gasteiger partial charge is 0.355 e. The standard InChI is InChI=1S/C19H21N3O3S/c1-14(15-7-3-2-4-8-15)13-21-18(23)11-12-20-19-16-9-5-6-10-17(16)26(24,25)22-19/h2-10,14H,11-13H2,1H3,(H,20,22)(H,21,23)/t14-/m1/s1.